The van der Waals surface area contributed by atoms with Gasteiger partial charge in [-0.25, -0.2) is 0 Å². The first-order valence-electron chi connectivity index (χ1n) is 8.33. The van der Waals surface area contributed by atoms with Gasteiger partial charge in [-0.3, -0.25) is 0 Å². The molecular formula is C21H21NO. The van der Waals surface area contributed by atoms with Crippen LogP contribution in [0.25, 0.3) is 22.1 Å². The smallest absolute Gasteiger partial charge is 0.142 e. The van der Waals surface area contributed by atoms with E-state index in [0.717, 1.165) is 28.5 Å². The van der Waals surface area contributed by atoms with Crippen LogP contribution in [0.2, 0.25) is 0 Å². The van der Waals surface area contributed by atoms with Crippen molar-refractivity contribution in [3.8, 4) is 17.2 Å². The Morgan fingerprint density at radius 3 is 2.52 bits per heavy atom. The molecule has 1 aromatic heterocycles. The van der Waals surface area contributed by atoms with E-state index in [9.17, 15) is 5.26 Å². The van der Waals surface area contributed by atoms with Crippen LogP contribution in [-0.4, -0.2) is 0 Å². The maximum absolute atomic E-state index is 9.18. The van der Waals surface area contributed by atoms with Crippen molar-refractivity contribution in [2.75, 3.05) is 0 Å². The number of unbranched alkanes of at least 4 members (excludes halogenated alkanes) is 3. The Balaban J connectivity index is 1.83. The van der Waals surface area contributed by atoms with E-state index in [-0.39, 0.29) is 0 Å². The molecule has 2 nitrogen and oxygen atoms in total. The van der Waals surface area contributed by atoms with Gasteiger partial charge in [-0.1, -0.05) is 50.5 Å². The lowest BCUT2D eigenvalue weighted by Gasteiger charge is -2.06. The zero-order valence-electron chi connectivity index (χ0n) is 13.5. The SMILES string of the molecule is CCCCCCc1ccc(-c2ccc(C#N)c3ccoc23)cc1. The Morgan fingerprint density at radius 2 is 1.78 bits per heavy atom. The molecule has 0 bridgehead atoms. The highest BCUT2D eigenvalue weighted by Crippen LogP contribution is 2.31. The first-order chi connectivity index (χ1) is 11.3. The van der Waals surface area contributed by atoms with Crippen molar-refractivity contribution in [2.24, 2.45) is 0 Å². The number of hydrogen-bond donors (Lipinski definition) is 0. The van der Waals surface area contributed by atoms with Crippen LogP contribution in [0.1, 0.15) is 43.7 Å². The fraction of sp³-hybridized carbons (Fsp3) is 0.286. The third kappa shape index (κ3) is 3.29. The average molecular weight is 303 g/mol. The van der Waals surface area contributed by atoms with Gasteiger partial charge in [0.15, 0.2) is 0 Å². The predicted octanol–water partition coefficient (Wildman–Crippen LogP) is 6.09. The van der Waals surface area contributed by atoms with E-state index >= 15 is 0 Å². The zero-order chi connectivity index (χ0) is 16.1. The van der Waals surface area contributed by atoms with Gasteiger partial charge in [-0.15, -0.1) is 0 Å². The zero-order valence-corrected chi connectivity index (χ0v) is 13.5. The van der Waals surface area contributed by atoms with Crippen LogP contribution in [0.4, 0.5) is 0 Å². The number of rotatable bonds is 6. The largest absolute Gasteiger partial charge is 0.464 e. The average Bonchev–Trinajstić information content (AvgIpc) is 3.08. The van der Waals surface area contributed by atoms with E-state index < -0.39 is 0 Å². The summed E-state index contributed by atoms with van der Waals surface area (Å²) in [5.74, 6) is 0. The van der Waals surface area contributed by atoms with Crippen molar-refractivity contribution in [3.05, 3.63) is 59.9 Å². The van der Waals surface area contributed by atoms with E-state index in [1.54, 1.807) is 6.26 Å². The fourth-order valence-electron chi connectivity index (χ4n) is 2.99. The molecule has 0 fully saturated rings. The first kappa shape index (κ1) is 15.4. The van der Waals surface area contributed by atoms with Gasteiger partial charge in [0.25, 0.3) is 0 Å². The van der Waals surface area contributed by atoms with Gasteiger partial charge >= 0.3 is 0 Å². The molecule has 0 atom stereocenters. The molecule has 116 valence electrons. The summed E-state index contributed by atoms with van der Waals surface area (Å²) in [4.78, 5) is 0. The lowest BCUT2D eigenvalue weighted by molar-refractivity contribution is 0.617. The molecule has 0 amide bonds. The number of aryl methyl sites for hydroxylation is 1. The van der Waals surface area contributed by atoms with E-state index in [0.29, 0.717) is 5.56 Å². The summed E-state index contributed by atoms with van der Waals surface area (Å²) in [5.41, 5.74) is 5.01. The third-order valence-electron chi connectivity index (χ3n) is 4.32. The summed E-state index contributed by atoms with van der Waals surface area (Å²) in [6, 6.07) is 16.6. The summed E-state index contributed by atoms with van der Waals surface area (Å²) in [6.45, 7) is 2.24. The topological polar surface area (TPSA) is 36.9 Å². The quantitative estimate of drug-likeness (QED) is 0.516. The van der Waals surface area contributed by atoms with Crippen LogP contribution >= 0.6 is 0 Å². The highest BCUT2D eigenvalue weighted by molar-refractivity contribution is 5.95. The van der Waals surface area contributed by atoms with Gasteiger partial charge < -0.3 is 4.42 Å². The second kappa shape index (κ2) is 7.15. The Hall–Kier alpha value is -2.53. The van der Waals surface area contributed by atoms with Crippen molar-refractivity contribution in [1.29, 1.82) is 5.26 Å². The number of hydrogen-bond acceptors (Lipinski definition) is 2. The van der Waals surface area contributed by atoms with Gasteiger partial charge in [0.05, 0.1) is 17.9 Å². The van der Waals surface area contributed by atoms with Crippen LogP contribution in [0.5, 0.6) is 0 Å². The second-order valence-corrected chi connectivity index (χ2v) is 5.94. The minimum Gasteiger partial charge on any atom is -0.464 e. The van der Waals surface area contributed by atoms with E-state index in [1.807, 2.05) is 18.2 Å². The standard InChI is InChI=1S/C21H21NO/c1-2-3-4-5-6-16-7-9-17(10-8-16)19-12-11-18(15-22)20-13-14-23-21(19)20/h7-14H,2-6H2,1H3. The highest BCUT2D eigenvalue weighted by atomic mass is 16.3. The Bertz CT molecular complexity index is 821. The van der Waals surface area contributed by atoms with Gasteiger partial charge in [-0.2, -0.15) is 5.26 Å². The maximum Gasteiger partial charge on any atom is 0.142 e. The van der Waals surface area contributed by atoms with Crippen molar-refractivity contribution in [2.45, 2.75) is 39.0 Å². The number of furan rings is 1. The van der Waals surface area contributed by atoms with Gasteiger partial charge in [0.2, 0.25) is 0 Å². The number of benzene rings is 2. The predicted molar refractivity (Wildman–Crippen MR) is 94.2 cm³/mol. The van der Waals surface area contributed by atoms with Crippen molar-refractivity contribution in [1.82, 2.24) is 0 Å². The molecule has 3 aromatic rings. The van der Waals surface area contributed by atoms with Crippen molar-refractivity contribution < 1.29 is 4.42 Å². The molecular weight excluding hydrogens is 282 g/mol. The molecule has 0 saturated carbocycles. The van der Waals surface area contributed by atoms with Crippen LogP contribution in [0.3, 0.4) is 0 Å². The minimum absolute atomic E-state index is 0.657. The number of nitrogens with zero attached hydrogens (tertiary/aromatic N) is 1. The lowest BCUT2D eigenvalue weighted by atomic mass is 9.98. The van der Waals surface area contributed by atoms with E-state index in [1.165, 1.54) is 31.2 Å². The van der Waals surface area contributed by atoms with E-state index in [2.05, 4.69) is 37.3 Å². The van der Waals surface area contributed by atoms with Crippen LogP contribution in [0, 0.1) is 11.3 Å². The van der Waals surface area contributed by atoms with Crippen LogP contribution < -0.4 is 0 Å². The van der Waals surface area contributed by atoms with Gasteiger partial charge in [0, 0.05) is 10.9 Å². The Morgan fingerprint density at radius 1 is 0.957 bits per heavy atom. The number of fused-ring (bicyclic) bond motifs is 1. The van der Waals surface area contributed by atoms with Crippen LogP contribution in [-0.2, 0) is 6.42 Å². The number of nitriles is 1. The molecule has 1 heterocycles. The Labute approximate surface area is 137 Å². The molecule has 0 spiro atoms. The monoisotopic (exact) mass is 303 g/mol. The molecule has 0 aliphatic rings. The fourth-order valence-corrected chi connectivity index (χ4v) is 2.99. The molecule has 2 heteroatoms. The van der Waals surface area contributed by atoms with Crippen LogP contribution in [0.15, 0.2) is 53.1 Å². The molecule has 0 N–H and O–H groups in total. The van der Waals surface area contributed by atoms with Crippen molar-refractivity contribution in [3.63, 3.8) is 0 Å². The van der Waals surface area contributed by atoms with Gasteiger partial charge in [-0.05, 0) is 42.2 Å². The van der Waals surface area contributed by atoms with Gasteiger partial charge in [0.1, 0.15) is 5.58 Å². The summed E-state index contributed by atoms with van der Waals surface area (Å²) in [7, 11) is 0. The molecule has 0 saturated heterocycles. The van der Waals surface area contributed by atoms with E-state index in [4.69, 9.17) is 4.42 Å². The molecule has 2 aromatic carbocycles. The lowest BCUT2D eigenvalue weighted by Crippen LogP contribution is -1.87. The van der Waals surface area contributed by atoms with Crippen molar-refractivity contribution >= 4 is 11.0 Å². The molecule has 3 rings (SSSR count). The second-order valence-electron chi connectivity index (χ2n) is 5.94. The Kier molecular flexibility index (Phi) is 4.78. The summed E-state index contributed by atoms with van der Waals surface area (Å²) in [5, 5.41) is 10.1. The maximum atomic E-state index is 9.18. The molecule has 0 radical (unpaired) electrons. The third-order valence-corrected chi connectivity index (χ3v) is 4.32. The normalized spacial score (nSPS) is 10.8. The first-order valence-corrected chi connectivity index (χ1v) is 8.33. The summed E-state index contributed by atoms with van der Waals surface area (Å²) >= 11 is 0. The minimum atomic E-state index is 0.657. The summed E-state index contributed by atoms with van der Waals surface area (Å²) in [6.07, 6.45) is 7.95. The molecule has 23 heavy (non-hydrogen) atoms. The molecule has 0 aliphatic heterocycles. The molecule has 0 aliphatic carbocycles. The summed E-state index contributed by atoms with van der Waals surface area (Å²) < 4.78 is 5.62. The highest BCUT2D eigenvalue weighted by Gasteiger charge is 2.10. The molecule has 0 unspecified atom stereocenters.